The average molecular weight is 590 g/mol. The van der Waals surface area contributed by atoms with Crippen LogP contribution in [0.3, 0.4) is 0 Å². The lowest BCUT2D eigenvalue weighted by Gasteiger charge is -2.36. The van der Waals surface area contributed by atoms with Gasteiger partial charge in [0.05, 0.1) is 18.5 Å². The quantitative estimate of drug-likeness (QED) is 0.323. The molecule has 4 rings (SSSR count). The summed E-state index contributed by atoms with van der Waals surface area (Å²) in [6.45, 7) is 4.89. The summed E-state index contributed by atoms with van der Waals surface area (Å²) in [7, 11) is 0. The fourth-order valence-corrected chi connectivity index (χ4v) is 5.26. The zero-order valence-electron chi connectivity index (χ0n) is 22.3. The zero-order valence-corrected chi connectivity index (χ0v) is 22.3. The number of urea groups is 1. The maximum Gasteiger partial charge on any atom is 0.430 e. The van der Waals surface area contributed by atoms with Crippen molar-refractivity contribution in [2.24, 2.45) is 5.92 Å². The largest absolute Gasteiger partial charge is 0.495 e. The van der Waals surface area contributed by atoms with E-state index in [4.69, 9.17) is 9.47 Å². The first kappa shape index (κ1) is 30.4. The van der Waals surface area contributed by atoms with Crippen LogP contribution in [-0.4, -0.2) is 62.6 Å². The molecule has 4 unspecified atom stereocenters. The van der Waals surface area contributed by atoms with Crippen molar-refractivity contribution in [2.45, 2.75) is 82.3 Å². The summed E-state index contributed by atoms with van der Waals surface area (Å²) >= 11 is 0. The van der Waals surface area contributed by atoms with Crippen LogP contribution in [0.1, 0.15) is 45.7 Å². The first-order valence-electron chi connectivity index (χ1n) is 12.9. The fourth-order valence-electron chi connectivity index (χ4n) is 5.26. The van der Waals surface area contributed by atoms with E-state index in [0.717, 1.165) is 4.90 Å². The Labute approximate surface area is 231 Å². The molecule has 0 radical (unpaired) electrons. The van der Waals surface area contributed by atoms with Gasteiger partial charge < -0.3 is 19.9 Å². The Morgan fingerprint density at radius 3 is 2.49 bits per heavy atom. The van der Waals surface area contributed by atoms with E-state index in [9.17, 15) is 41.0 Å². The van der Waals surface area contributed by atoms with E-state index in [0.29, 0.717) is 18.6 Å². The van der Waals surface area contributed by atoms with Crippen LogP contribution in [0.5, 0.6) is 5.75 Å². The first-order valence-corrected chi connectivity index (χ1v) is 12.9. The van der Waals surface area contributed by atoms with Gasteiger partial charge in [0.25, 0.3) is 11.5 Å². The second kappa shape index (κ2) is 10.7. The highest BCUT2D eigenvalue weighted by molar-refractivity contribution is 6.07. The standard InChI is InChI=1S/C27H29F6N3O5/c1-4-5-16-12-17(25(39,26(28,29)30)27(31,32)33)6-7-20(16)41-19-8-10-34-18(13-19)14-36-22(37)24(3,35-23(36)38)21-15(2)9-11-40-21/h6,8-13,15,20-21,39H,4-5,7,14H2,1-3H3,(H,35,38). The molecule has 8 nitrogen and oxygen atoms in total. The summed E-state index contributed by atoms with van der Waals surface area (Å²) in [5, 5.41) is 12.5. The minimum atomic E-state index is -5.99. The summed E-state index contributed by atoms with van der Waals surface area (Å²) in [4.78, 5) is 31.1. The number of carbonyl (C=O) groups excluding carboxylic acids is 2. The van der Waals surface area contributed by atoms with Crippen LogP contribution in [0, 0.1) is 5.92 Å². The molecule has 224 valence electrons. The second-order valence-electron chi connectivity index (χ2n) is 10.4. The van der Waals surface area contributed by atoms with Gasteiger partial charge >= 0.3 is 18.4 Å². The Kier molecular flexibility index (Phi) is 7.93. The lowest BCUT2D eigenvalue weighted by Crippen LogP contribution is -2.58. The van der Waals surface area contributed by atoms with Gasteiger partial charge in [-0.3, -0.25) is 14.7 Å². The molecule has 14 heteroatoms. The topological polar surface area (TPSA) is 101 Å². The lowest BCUT2D eigenvalue weighted by atomic mass is 9.83. The van der Waals surface area contributed by atoms with Gasteiger partial charge in [-0.05, 0) is 36.6 Å². The van der Waals surface area contributed by atoms with E-state index in [2.05, 4.69) is 10.3 Å². The van der Waals surface area contributed by atoms with Gasteiger partial charge in [-0.1, -0.05) is 32.4 Å². The Balaban J connectivity index is 1.52. The minimum absolute atomic E-state index is 0.114. The summed E-state index contributed by atoms with van der Waals surface area (Å²) in [5.74, 6) is -0.471. The molecule has 2 N–H and O–H groups in total. The van der Waals surface area contributed by atoms with Crippen LogP contribution < -0.4 is 10.1 Å². The molecule has 3 amide bonds. The van der Waals surface area contributed by atoms with E-state index >= 15 is 0 Å². The molecule has 1 aromatic heterocycles. The number of imide groups is 1. The number of hydrogen-bond acceptors (Lipinski definition) is 6. The van der Waals surface area contributed by atoms with Crippen molar-refractivity contribution in [3.63, 3.8) is 0 Å². The Bertz CT molecular complexity index is 1280. The SMILES string of the molecule is CCCC1=CC(C(O)(C(F)(F)F)C(F)(F)F)=CCC1Oc1ccnc(CN2C(=O)NC(C)(C3OC=CC3C)C2=O)c1. The average Bonchev–Trinajstić information content (AvgIpc) is 3.40. The highest BCUT2D eigenvalue weighted by Gasteiger charge is 2.72. The molecule has 0 bridgehead atoms. The van der Waals surface area contributed by atoms with Crippen molar-refractivity contribution >= 4 is 11.9 Å². The predicted octanol–water partition coefficient (Wildman–Crippen LogP) is 5.10. The molecule has 1 aliphatic carbocycles. The van der Waals surface area contributed by atoms with Gasteiger partial charge in [0, 0.05) is 24.6 Å². The smallest absolute Gasteiger partial charge is 0.430 e. The van der Waals surface area contributed by atoms with Gasteiger partial charge in [0.2, 0.25) is 0 Å². The highest BCUT2D eigenvalue weighted by Crippen LogP contribution is 2.49. The molecule has 1 aromatic rings. The Morgan fingerprint density at radius 2 is 1.90 bits per heavy atom. The van der Waals surface area contributed by atoms with Gasteiger partial charge in [0.15, 0.2) is 5.54 Å². The maximum absolute atomic E-state index is 13.4. The molecule has 0 spiro atoms. The van der Waals surface area contributed by atoms with E-state index in [-0.39, 0.29) is 42.3 Å². The van der Waals surface area contributed by atoms with Crippen LogP contribution >= 0.6 is 0 Å². The molecular formula is C27H29F6N3O5. The highest BCUT2D eigenvalue weighted by atomic mass is 19.4. The van der Waals surface area contributed by atoms with Gasteiger partial charge in [-0.25, -0.2) is 4.79 Å². The van der Waals surface area contributed by atoms with Crippen molar-refractivity contribution in [3.8, 4) is 5.75 Å². The number of nitrogens with zero attached hydrogens (tertiary/aromatic N) is 2. The number of aliphatic hydroxyl groups is 1. The van der Waals surface area contributed by atoms with Crippen molar-refractivity contribution in [1.82, 2.24) is 15.2 Å². The molecule has 2 aliphatic heterocycles. The molecule has 1 fully saturated rings. The predicted molar refractivity (Wildman–Crippen MR) is 132 cm³/mol. The zero-order chi connectivity index (χ0) is 30.4. The van der Waals surface area contributed by atoms with E-state index in [1.165, 1.54) is 24.6 Å². The number of rotatable bonds is 8. The third-order valence-corrected chi connectivity index (χ3v) is 7.42. The molecule has 3 aliphatic rings. The lowest BCUT2D eigenvalue weighted by molar-refractivity contribution is -0.351. The van der Waals surface area contributed by atoms with E-state index < -0.39 is 53.2 Å². The number of pyridine rings is 1. The van der Waals surface area contributed by atoms with Crippen molar-refractivity contribution < 1.29 is 50.5 Å². The number of halogens is 6. The monoisotopic (exact) mass is 589 g/mol. The number of aromatic nitrogens is 1. The van der Waals surface area contributed by atoms with Crippen LogP contribution in [0.4, 0.5) is 31.1 Å². The third kappa shape index (κ3) is 5.41. The van der Waals surface area contributed by atoms with E-state index in [1.807, 2.05) is 6.92 Å². The Hall–Kier alpha value is -3.55. The maximum atomic E-state index is 13.4. The number of ether oxygens (including phenoxy) is 2. The number of carbonyl (C=O) groups is 2. The van der Waals surface area contributed by atoms with E-state index in [1.54, 1.807) is 19.9 Å². The van der Waals surface area contributed by atoms with Crippen LogP contribution in [0.25, 0.3) is 0 Å². The molecule has 0 saturated carbocycles. The van der Waals surface area contributed by atoms with Gasteiger partial charge in [0.1, 0.15) is 18.0 Å². The van der Waals surface area contributed by atoms with Crippen LogP contribution in [0.15, 0.2) is 54.0 Å². The Morgan fingerprint density at radius 1 is 1.22 bits per heavy atom. The van der Waals surface area contributed by atoms with Gasteiger partial charge in [-0.2, -0.15) is 26.3 Å². The fraction of sp³-hybridized carbons (Fsp3) is 0.519. The second-order valence-corrected chi connectivity index (χ2v) is 10.4. The minimum Gasteiger partial charge on any atom is -0.495 e. The molecule has 0 aromatic carbocycles. The summed E-state index contributed by atoms with van der Waals surface area (Å²) in [5.41, 5.74) is -7.25. The van der Waals surface area contributed by atoms with Crippen molar-refractivity contribution in [2.75, 3.05) is 0 Å². The van der Waals surface area contributed by atoms with Gasteiger partial charge in [-0.15, -0.1) is 0 Å². The number of hydrogen-bond donors (Lipinski definition) is 2. The molecule has 3 heterocycles. The normalized spacial score (nSPS) is 27.0. The van der Waals surface area contributed by atoms with Crippen molar-refractivity contribution in [1.29, 1.82) is 0 Å². The summed E-state index contributed by atoms with van der Waals surface area (Å²) in [6, 6.07) is 2.22. The first-order chi connectivity index (χ1) is 19.0. The molecule has 41 heavy (non-hydrogen) atoms. The number of amides is 3. The third-order valence-electron chi connectivity index (χ3n) is 7.42. The number of alkyl halides is 6. The van der Waals surface area contributed by atoms with Crippen LogP contribution in [-0.2, 0) is 16.1 Å². The van der Waals surface area contributed by atoms with Crippen LogP contribution in [0.2, 0.25) is 0 Å². The van der Waals surface area contributed by atoms with Crippen molar-refractivity contribution in [3.05, 3.63) is 59.7 Å². The molecular weight excluding hydrogens is 560 g/mol. The summed E-state index contributed by atoms with van der Waals surface area (Å²) in [6.07, 6.45) is -7.43. The summed E-state index contributed by atoms with van der Waals surface area (Å²) < 4.78 is 92.0. The molecule has 4 atom stereocenters. The number of nitrogens with one attached hydrogen (secondary N) is 1. The molecule has 1 saturated heterocycles.